The van der Waals surface area contributed by atoms with Gasteiger partial charge in [0.25, 0.3) is 5.56 Å². The molecule has 1 aliphatic rings. The summed E-state index contributed by atoms with van der Waals surface area (Å²) >= 11 is 13.3. The molecule has 4 rings (SSSR count). The molecule has 1 aliphatic heterocycles. The molecule has 4 heterocycles. The number of alkyl halides is 1. The van der Waals surface area contributed by atoms with E-state index in [1.165, 1.54) is 20.8 Å². The van der Waals surface area contributed by atoms with Gasteiger partial charge < -0.3 is 9.47 Å². The number of likely N-dealkylation sites (tertiary alicyclic amines) is 1. The average Bonchev–Trinajstić information content (AvgIpc) is 3.26. The molecule has 9 heteroatoms. The van der Waals surface area contributed by atoms with Crippen LogP contribution in [0.2, 0.25) is 10.2 Å². The molecular weight excluding hydrogens is 412 g/mol. The zero-order chi connectivity index (χ0) is 19.1. The SMILES string of the molecule is O=C(Cn1ccc2scc(-c3cnc(Cl)c(Cl)c3)c2c1=O)N1CCC(F)C1. The van der Waals surface area contributed by atoms with E-state index in [9.17, 15) is 14.0 Å². The molecule has 0 radical (unpaired) electrons. The Bertz CT molecular complexity index is 1100. The lowest BCUT2D eigenvalue weighted by molar-refractivity contribution is -0.131. The summed E-state index contributed by atoms with van der Waals surface area (Å²) in [5, 5.41) is 2.85. The third-order valence-electron chi connectivity index (χ3n) is 4.60. The van der Waals surface area contributed by atoms with Crippen molar-refractivity contribution in [2.45, 2.75) is 19.1 Å². The zero-order valence-electron chi connectivity index (χ0n) is 14.0. The lowest BCUT2D eigenvalue weighted by Gasteiger charge is -2.16. The number of aromatic nitrogens is 2. The van der Waals surface area contributed by atoms with Crippen LogP contribution < -0.4 is 5.56 Å². The van der Waals surface area contributed by atoms with Crippen molar-refractivity contribution in [2.75, 3.05) is 13.1 Å². The van der Waals surface area contributed by atoms with E-state index in [1.807, 2.05) is 5.38 Å². The molecule has 140 valence electrons. The Balaban J connectivity index is 1.72. The predicted molar refractivity (Wildman–Crippen MR) is 105 cm³/mol. The van der Waals surface area contributed by atoms with Gasteiger partial charge in [0.15, 0.2) is 0 Å². The molecule has 1 amide bonds. The average molecular weight is 426 g/mol. The van der Waals surface area contributed by atoms with Gasteiger partial charge >= 0.3 is 0 Å². The van der Waals surface area contributed by atoms with Crippen LogP contribution in [0.25, 0.3) is 21.2 Å². The van der Waals surface area contributed by atoms with Crippen LogP contribution in [-0.4, -0.2) is 39.6 Å². The first-order valence-corrected chi connectivity index (χ1v) is 9.91. The number of halogens is 3. The highest BCUT2D eigenvalue weighted by atomic mass is 35.5. The highest BCUT2D eigenvalue weighted by Gasteiger charge is 2.26. The van der Waals surface area contributed by atoms with Crippen LogP contribution in [0.5, 0.6) is 0 Å². The summed E-state index contributed by atoms with van der Waals surface area (Å²) in [5.74, 6) is -0.260. The third-order valence-corrected chi connectivity index (χ3v) is 6.23. The van der Waals surface area contributed by atoms with Gasteiger partial charge in [0.1, 0.15) is 17.9 Å². The monoisotopic (exact) mass is 425 g/mol. The van der Waals surface area contributed by atoms with Crippen molar-refractivity contribution in [2.24, 2.45) is 0 Å². The quantitative estimate of drug-likeness (QED) is 0.595. The fourth-order valence-corrected chi connectivity index (χ4v) is 4.40. The number of hydrogen-bond donors (Lipinski definition) is 0. The van der Waals surface area contributed by atoms with E-state index in [-0.39, 0.29) is 29.7 Å². The molecular formula is C18H14Cl2FN3O2S. The maximum Gasteiger partial charge on any atom is 0.260 e. The molecule has 0 aliphatic carbocycles. The summed E-state index contributed by atoms with van der Waals surface area (Å²) in [7, 11) is 0. The Hall–Kier alpha value is -1.96. The number of amides is 1. The van der Waals surface area contributed by atoms with E-state index in [0.29, 0.717) is 34.5 Å². The Labute approximate surface area is 167 Å². The van der Waals surface area contributed by atoms with E-state index in [4.69, 9.17) is 23.2 Å². The first-order valence-electron chi connectivity index (χ1n) is 8.28. The van der Waals surface area contributed by atoms with Gasteiger partial charge in [0, 0.05) is 40.1 Å². The number of fused-ring (bicyclic) bond motifs is 1. The number of nitrogens with zero attached hydrogens (tertiary/aromatic N) is 3. The van der Waals surface area contributed by atoms with Gasteiger partial charge in [0.05, 0.1) is 17.0 Å². The molecule has 5 nitrogen and oxygen atoms in total. The van der Waals surface area contributed by atoms with Crippen LogP contribution in [0.1, 0.15) is 6.42 Å². The van der Waals surface area contributed by atoms with Crippen molar-refractivity contribution in [3.63, 3.8) is 0 Å². The summed E-state index contributed by atoms with van der Waals surface area (Å²) in [4.78, 5) is 30.9. The zero-order valence-corrected chi connectivity index (χ0v) is 16.3. The smallest absolute Gasteiger partial charge is 0.260 e. The van der Waals surface area contributed by atoms with Crippen LogP contribution >= 0.6 is 34.5 Å². The van der Waals surface area contributed by atoms with E-state index < -0.39 is 6.17 Å². The minimum Gasteiger partial charge on any atom is -0.338 e. The van der Waals surface area contributed by atoms with Gasteiger partial charge in [-0.25, -0.2) is 9.37 Å². The van der Waals surface area contributed by atoms with Crippen molar-refractivity contribution >= 4 is 50.5 Å². The number of pyridine rings is 2. The summed E-state index contributed by atoms with van der Waals surface area (Å²) in [6.07, 6.45) is 2.51. The van der Waals surface area contributed by atoms with Crippen LogP contribution in [0, 0.1) is 0 Å². The molecule has 1 fully saturated rings. The summed E-state index contributed by atoms with van der Waals surface area (Å²) in [6, 6.07) is 3.46. The minimum atomic E-state index is -0.987. The highest BCUT2D eigenvalue weighted by molar-refractivity contribution is 7.17. The number of hydrogen-bond acceptors (Lipinski definition) is 4. The van der Waals surface area contributed by atoms with Crippen LogP contribution in [0.15, 0.2) is 34.7 Å². The molecule has 3 aromatic rings. The van der Waals surface area contributed by atoms with Crippen LogP contribution in [0.3, 0.4) is 0 Å². The van der Waals surface area contributed by atoms with Gasteiger partial charge in [0.2, 0.25) is 5.91 Å². The van der Waals surface area contributed by atoms with Crippen molar-refractivity contribution < 1.29 is 9.18 Å². The van der Waals surface area contributed by atoms with E-state index in [1.54, 1.807) is 24.5 Å². The minimum absolute atomic E-state index is 0.0917. The molecule has 1 saturated heterocycles. The summed E-state index contributed by atoms with van der Waals surface area (Å²) in [6.45, 7) is 0.362. The number of thiophene rings is 1. The van der Waals surface area contributed by atoms with E-state index in [2.05, 4.69) is 4.98 Å². The standard InChI is InChI=1S/C18H14Cl2FN3O2S/c19-13-5-10(6-22-17(13)20)12-9-27-14-2-4-24(18(26)16(12)14)8-15(25)23-3-1-11(21)7-23/h2,4-6,9,11H,1,3,7-8H2. The van der Waals surface area contributed by atoms with E-state index in [0.717, 1.165) is 4.70 Å². The fourth-order valence-electron chi connectivity index (χ4n) is 3.18. The van der Waals surface area contributed by atoms with Crippen molar-refractivity contribution in [3.8, 4) is 11.1 Å². The van der Waals surface area contributed by atoms with Crippen molar-refractivity contribution in [1.29, 1.82) is 0 Å². The van der Waals surface area contributed by atoms with Crippen LogP contribution in [-0.2, 0) is 11.3 Å². The lowest BCUT2D eigenvalue weighted by atomic mass is 10.1. The largest absolute Gasteiger partial charge is 0.338 e. The normalized spacial score (nSPS) is 17.0. The first-order chi connectivity index (χ1) is 12.9. The second kappa shape index (κ2) is 7.22. The highest BCUT2D eigenvalue weighted by Crippen LogP contribution is 2.33. The van der Waals surface area contributed by atoms with Gasteiger partial charge in [-0.1, -0.05) is 23.2 Å². The fraction of sp³-hybridized carbons (Fsp3) is 0.278. The van der Waals surface area contributed by atoms with Gasteiger partial charge in [-0.3, -0.25) is 9.59 Å². The maximum absolute atomic E-state index is 13.3. The Kier molecular flexibility index (Phi) is 4.92. The Morgan fingerprint density at radius 3 is 2.93 bits per heavy atom. The molecule has 0 saturated carbocycles. The molecule has 0 spiro atoms. The Morgan fingerprint density at radius 2 is 2.22 bits per heavy atom. The summed E-state index contributed by atoms with van der Waals surface area (Å²) in [5.41, 5.74) is 1.09. The van der Waals surface area contributed by atoms with Crippen LogP contribution in [0.4, 0.5) is 4.39 Å². The molecule has 0 bridgehead atoms. The molecule has 3 aromatic heterocycles. The molecule has 0 N–H and O–H groups in total. The number of carbonyl (C=O) groups is 1. The first kappa shape index (κ1) is 18.4. The topological polar surface area (TPSA) is 55.2 Å². The molecule has 1 atom stereocenters. The maximum atomic E-state index is 13.3. The molecule has 27 heavy (non-hydrogen) atoms. The van der Waals surface area contributed by atoms with Gasteiger partial charge in [-0.2, -0.15) is 0 Å². The number of carbonyl (C=O) groups excluding carboxylic acids is 1. The third kappa shape index (κ3) is 3.47. The second-order valence-corrected chi connectivity index (χ2v) is 8.04. The second-order valence-electron chi connectivity index (χ2n) is 6.36. The summed E-state index contributed by atoms with van der Waals surface area (Å²) < 4.78 is 15.5. The van der Waals surface area contributed by atoms with Gasteiger partial charge in [-0.15, -0.1) is 11.3 Å². The number of rotatable bonds is 3. The van der Waals surface area contributed by atoms with Crippen molar-refractivity contribution in [1.82, 2.24) is 14.5 Å². The lowest BCUT2D eigenvalue weighted by Crippen LogP contribution is -2.35. The Morgan fingerprint density at radius 1 is 1.41 bits per heavy atom. The van der Waals surface area contributed by atoms with Gasteiger partial charge in [-0.05, 0) is 18.6 Å². The molecule has 0 aromatic carbocycles. The van der Waals surface area contributed by atoms with E-state index >= 15 is 0 Å². The predicted octanol–water partition coefficient (Wildman–Crippen LogP) is 4.00. The molecule has 1 unspecified atom stereocenters. The van der Waals surface area contributed by atoms with Crippen molar-refractivity contribution in [3.05, 3.63) is 50.4 Å².